The lowest BCUT2D eigenvalue weighted by Gasteiger charge is -2.32. The number of carbonyl (C=O) groups is 2. The maximum Gasteiger partial charge on any atom is 0.244 e. The summed E-state index contributed by atoms with van der Waals surface area (Å²) in [6.07, 6.45) is 3.98. The van der Waals surface area contributed by atoms with Crippen LogP contribution in [-0.4, -0.2) is 56.3 Å². The van der Waals surface area contributed by atoms with Gasteiger partial charge in [-0.1, -0.05) is 40.9 Å². The first kappa shape index (κ1) is 27.3. The average molecular weight is 595 g/mol. The number of rotatable bonds is 10. The van der Waals surface area contributed by atoms with Gasteiger partial charge in [0.2, 0.25) is 28.6 Å². The SMILES string of the molecule is CCS(=O)(=O)N(CC(=O)N(Cc1ccc(Br)cc1)[C@H](C)C(=O)NC1CCCC1)c1ccc2c(c1)OCO2. The minimum Gasteiger partial charge on any atom is -0.454 e. The molecule has 1 N–H and O–H groups in total. The van der Waals surface area contributed by atoms with Gasteiger partial charge in [0.1, 0.15) is 12.6 Å². The van der Waals surface area contributed by atoms with Crippen molar-refractivity contribution in [3.05, 3.63) is 52.5 Å². The van der Waals surface area contributed by atoms with Crippen LogP contribution in [0.25, 0.3) is 0 Å². The van der Waals surface area contributed by atoms with E-state index < -0.39 is 28.5 Å². The zero-order valence-corrected chi connectivity index (χ0v) is 23.4. The molecule has 9 nitrogen and oxygen atoms in total. The number of nitrogens with zero attached hydrogens (tertiary/aromatic N) is 2. The second kappa shape index (κ2) is 11.7. The van der Waals surface area contributed by atoms with Crippen molar-refractivity contribution in [2.75, 3.05) is 23.4 Å². The van der Waals surface area contributed by atoms with Crippen molar-refractivity contribution in [1.29, 1.82) is 0 Å². The fraction of sp³-hybridized carbons (Fsp3) is 0.462. The molecule has 1 aliphatic heterocycles. The van der Waals surface area contributed by atoms with Gasteiger partial charge < -0.3 is 19.7 Å². The molecule has 37 heavy (non-hydrogen) atoms. The number of anilines is 1. The minimum absolute atomic E-state index is 0.0484. The molecule has 2 aliphatic rings. The molecule has 200 valence electrons. The predicted octanol–water partition coefficient (Wildman–Crippen LogP) is 3.81. The Morgan fingerprint density at radius 1 is 1.08 bits per heavy atom. The van der Waals surface area contributed by atoms with E-state index in [1.54, 1.807) is 25.1 Å². The highest BCUT2D eigenvalue weighted by atomic mass is 79.9. The number of hydrogen-bond donors (Lipinski definition) is 1. The predicted molar refractivity (Wildman–Crippen MR) is 144 cm³/mol. The third kappa shape index (κ3) is 6.56. The maximum atomic E-state index is 13.8. The molecule has 11 heteroatoms. The number of ether oxygens (including phenoxy) is 2. The Kier molecular flexibility index (Phi) is 8.63. The van der Waals surface area contributed by atoms with Gasteiger partial charge in [-0.25, -0.2) is 8.42 Å². The highest BCUT2D eigenvalue weighted by Gasteiger charge is 2.32. The fourth-order valence-corrected chi connectivity index (χ4v) is 5.84. The Bertz CT molecular complexity index is 1230. The van der Waals surface area contributed by atoms with Gasteiger partial charge in [0.25, 0.3) is 0 Å². The number of sulfonamides is 1. The highest BCUT2D eigenvalue weighted by Crippen LogP contribution is 2.36. The molecule has 2 aromatic rings. The smallest absolute Gasteiger partial charge is 0.244 e. The first-order chi connectivity index (χ1) is 17.7. The summed E-state index contributed by atoms with van der Waals surface area (Å²) < 4.78 is 38.9. The van der Waals surface area contributed by atoms with Crippen LogP contribution in [0, 0.1) is 0 Å². The maximum absolute atomic E-state index is 13.8. The number of fused-ring (bicyclic) bond motifs is 1. The molecule has 0 aromatic heterocycles. The Hall–Kier alpha value is -2.79. The molecule has 0 bridgehead atoms. The number of amides is 2. The summed E-state index contributed by atoms with van der Waals surface area (Å²) in [5, 5.41) is 3.06. The van der Waals surface area contributed by atoms with Crippen molar-refractivity contribution in [2.45, 2.75) is 58.2 Å². The van der Waals surface area contributed by atoms with E-state index in [-0.39, 0.29) is 31.0 Å². The van der Waals surface area contributed by atoms with E-state index in [1.807, 2.05) is 24.3 Å². The molecule has 4 rings (SSSR count). The fourth-order valence-electron chi connectivity index (χ4n) is 4.52. The Morgan fingerprint density at radius 3 is 2.43 bits per heavy atom. The summed E-state index contributed by atoms with van der Waals surface area (Å²) >= 11 is 3.41. The van der Waals surface area contributed by atoms with Gasteiger partial charge in [-0.15, -0.1) is 0 Å². The van der Waals surface area contributed by atoms with Gasteiger partial charge in [0.05, 0.1) is 11.4 Å². The number of hydrogen-bond acceptors (Lipinski definition) is 6. The van der Waals surface area contributed by atoms with Crippen LogP contribution >= 0.6 is 15.9 Å². The van der Waals surface area contributed by atoms with E-state index in [4.69, 9.17) is 9.47 Å². The quantitative estimate of drug-likeness (QED) is 0.449. The molecule has 1 atom stereocenters. The molecule has 0 spiro atoms. The summed E-state index contributed by atoms with van der Waals surface area (Å²) in [5.41, 5.74) is 1.12. The number of nitrogens with one attached hydrogen (secondary N) is 1. The molecular formula is C26H32BrN3O6S. The van der Waals surface area contributed by atoms with Gasteiger partial charge in [0.15, 0.2) is 11.5 Å². The van der Waals surface area contributed by atoms with Gasteiger partial charge in [-0.3, -0.25) is 13.9 Å². The van der Waals surface area contributed by atoms with Crippen LogP contribution in [0.1, 0.15) is 45.1 Å². The Balaban J connectivity index is 1.61. The molecular weight excluding hydrogens is 562 g/mol. The largest absolute Gasteiger partial charge is 0.454 e. The van der Waals surface area contributed by atoms with Crippen molar-refractivity contribution < 1.29 is 27.5 Å². The molecule has 0 unspecified atom stereocenters. The first-order valence-electron chi connectivity index (χ1n) is 12.4. The van der Waals surface area contributed by atoms with Crippen molar-refractivity contribution in [1.82, 2.24) is 10.2 Å². The topological polar surface area (TPSA) is 105 Å². The van der Waals surface area contributed by atoms with Crippen molar-refractivity contribution >= 4 is 43.5 Å². The zero-order chi connectivity index (χ0) is 26.6. The zero-order valence-electron chi connectivity index (χ0n) is 21.0. The summed E-state index contributed by atoms with van der Waals surface area (Å²) in [6.45, 7) is 2.96. The van der Waals surface area contributed by atoms with E-state index in [0.29, 0.717) is 17.2 Å². The second-order valence-electron chi connectivity index (χ2n) is 9.26. The van der Waals surface area contributed by atoms with E-state index in [2.05, 4.69) is 21.2 Å². The van der Waals surface area contributed by atoms with Crippen molar-refractivity contribution in [2.24, 2.45) is 0 Å². The summed E-state index contributed by atoms with van der Waals surface area (Å²) in [6, 6.07) is 11.5. The lowest BCUT2D eigenvalue weighted by Crippen LogP contribution is -2.52. The molecule has 1 fully saturated rings. The standard InChI is InChI=1S/C26H32BrN3O6S/c1-3-37(33,34)30(22-12-13-23-24(14-22)36-17-35-23)16-25(31)29(15-19-8-10-20(27)11-9-19)18(2)26(32)28-21-6-4-5-7-21/h8-14,18,21H,3-7,15-17H2,1-2H3,(H,28,32)/t18-/m1/s1. The average Bonchev–Trinajstić information content (AvgIpc) is 3.57. The van der Waals surface area contributed by atoms with Crippen molar-refractivity contribution in [3.63, 3.8) is 0 Å². The Morgan fingerprint density at radius 2 is 1.76 bits per heavy atom. The van der Waals surface area contributed by atoms with Gasteiger partial charge in [-0.05, 0) is 56.5 Å². The van der Waals surface area contributed by atoms with Crippen LogP contribution in [0.15, 0.2) is 46.9 Å². The summed E-state index contributed by atoms with van der Waals surface area (Å²) in [4.78, 5) is 28.3. The molecule has 2 amide bonds. The lowest BCUT2D eigenvalue weighted by atomic mass is 10.1. The molecule has 1 saturated carbocycles. The van der Waals surface area contributed by atoms with Gasteiger partial charge in [0, 0.05) is 23.1 Å². The normalized spacial score (nSPS) is 15.9. The number of benzene rings is 2. The highest BCUT2D eigenvalue weighted by molar-refractivity contribution is 9.10. The van der Waals surface area contributed by atoms with E-state index in [9.17, 15) is 18.0 Å². The van der Waals surface area contributed by atoms with Crippen LogP contribution in [0.5, 0.6) is 11.5 Å². The first-order valence-corrected chi connectivity index (χ1v) is 14.8. The van der Waals surface area contributed by atoms with Crippen LogP contribution in [0.4, 0.5) is 5.69 Å². The van der Waals surface area contributed by atoms with Gasteiger partial charge >= 0.3 is 0 Å². The molecule has 1 heterocycles. The molecule has 1 aliphatic carbocycles. The number of halogens is 1. The molecule has 2 aromatic carbocycles. The minimum atomic E-state index is -3.82. The van der Waals surface area contributed by atoms with Crippen LogP contribution in [0.2, 0.25) is 0 Å². The van der Waals surface area contributed by atoms with Crippen LogP contribution in [-0.2, 0) is 26.2 Å². The Labute approximate surface area is 226 Å². The van der Waals surface area contributed by atoms with E-state index in [1.165, 1.54) is 11.8 Å². The van der Waals surface area contributed by atoms with E-state index >= 15 is 0 Å². The third-order valence-corrected chi connectivity index (χ3v) is 9.03. The summed E-state index contributed by atoms with van der Waals surface area (Å²) in [5.74, 6) is 0.00592. The third-order valence-electron chi connectivity index (χ3n) is 6.76. The monoisotopic (exact) mass is 593 g/mol. The lowest BCUT2D eigenvalue weighted by molar-refractivity contribution is -0.139. The molecule has 0 radical (unpaired) electrons. The second-order valence-corrected chi connectivity index (χ2v) is 12.4. The van der Waals surface area contributed by atoms with E-state index in [0.717, 1.165) is 40.0 Å². The summed E-state index contributed by atoms with van der Waals surface area (Å²) in [7, 11) is -3.82. The van der Waals surface area contributed by atoms with Crippen LogP contribution in [0.3, 0.4) is 0 Å². The number of carbonyl (C=O) groups excluding carboxylic acids is 2. The van der Waals surface area contributed by atoms with Crippen LogP contribution < -0.4 is 19.1 Å². The molecule has 0 saturated heterocycles. The van der Waals surface area contributed by atoms with Gasteiger partial charge in [-0.2, -0.15) is 0 Å². The van der Waals surface area contributed by atoms with Crippen molar-refractivity contribution in [3.8, 4) is 11.5 Å².